The van der Waals surface area contributed by atoms with Gasteiger partial charge in [-0.1, -0.05) is 6.07 Å². The van der Waals surface area contributed by atoms with Gasteiger partial charge in [0.2, 0.25) is 5.88 Å². The number of nitrogens with one attached hydrogen (secondary N) is 1. The summed E-state index contributed by atoms with van der Waals surface area (Å²) in [5.74, 6) is 0.659. The maximum Gasteiger partial charge on any atom is 0.217 e. The topological polar surface area (TPSA) is 52.0 Å². The number of aromatic nitrogens is 3. The minimum absolute atomic E-state index is 0.117. The van der Waals surface area contributed by atoms with Gasteiger partial charge in [-0.05, 0) is 42.9 Å². The Labute approximate surface area is 133 Å². The third-order valence-electron chi connectivity index (χ3n) is 3.57. The van der Waals surface area contributed by atoms with Crippen molar-refractivity contribution in [1.82, 2.24) is 20.1 Å². The van der Waals surface area contributed by atoms with Crippen molar-refractivity contribution in [1.29, 1.82) is 0 Å². The van der Waals surface area contributed by atoms with Crippen LogP contribution in [0.15, 0.2) is 22.8 Å². The molecule has 0 radical (unpaired) electrons. The van der Waals surface area contributed by atoms with E-state index in [0.29, 0.717) is 5.88 Å². The Morgan fingerprint density at radius 1 is 1.48 bits per heavy atom. The third-order valence-corrected chi connectivity index (χ3v) is 4.60. The number of hydrogen-bond acceptors (Lipinski definition) is 4. The van der Waals surface area contributed by atoms with Crippen molar-refractivity contribution in [2.75, 3.05) is 14.2 Å². The molecule has 1 atom stereocenters. The molecule has 0 aliphatic rings. The molecular formula is C15H21BrN4O. The second-order valence-corrected chi connectivity index (χ2v) is 5.60. The van der Waals surface area contributed by atoms with Crippen molar-refractivity contribution in [2.24, 2.45) is 0 Å². The number of methoxy groups -OCH3 is 1. The van der Waals surface area contributed by atoms with Gasteiger partial charge in [0.1, 0.15) is 0 Å². The van der Waals surface area contributed by atoms with Gasteiger partial charge in [0.15, 0.2) is 0 Å². The van der Waals surface area contributed by atoms with Gasteiger partial charge in [-0.3, -0.25) is 4.68 Å². The van der Waals surface area contributed by atoms with Crippen molar-refractivity contribution < 1.29 is 4.74 Å². The lowest BCUT2D eigenvalue weighted by Gasteiger charge is -2.19. The van der Waals surface area contributed by atoms with Gasteiger partial charge in [-0.25, -0.2) is 4.98 Å². The van der Waals surface area contributed by atoms with Crippen molar-refractivity contribution in [3.8, 4) is 5.88 Å². The van der Waals surface area contributed by atoms with E-state index in [0.717, 1.165) is 28.7 Å². The summed E-state index contributed by atoms with van der Waals surface area (Å²) in [5.41, 5.74) is 3.25. The Bertz CT molecular complexity index is 612. The number of nitrogens with zero attached hydrogens (tertiary/aromatic N) is 3. The number of rotatable bonds is 6. The fraction of sp³-hybridized carbons (Fsp3) is 0.467. The summed E-state index contributed by atoms with van der Waals surface area (Å²) in [5, 5.41) is 7.89. The molecule has 2 rings (SSSR count). The highest BCUT2D eigenvalue weighted by Gasteiger charge is 2.20. The van der Waals surface area contributed by atoms with Gasteiger partial charge in [0.05, 0.1) is 23.0 Å². The summed E-state index contributed by atoms with van der Waals surface area (Å²) in [4.78, 5) is 4.28. The number of likely N-dealkylation sites (N-methyl/N-ethyl adjacent to an activating group) is 1. The van der Waals surface area contributed by atoms with E-state index in [4.69, 9.17) is 4.74 Å². The molecule has 2 aromatic heterocycles. The highest BCUT2D eigenvalue weighted by Crippen LogP contribution is 2.29. The van der Waals surface area contributed by atoms with E-state index in [2.05, 4.69) is 38.3 Å². The van der Waals surface area contributed by atoms with Crippen LogP contribution in [0, 0.1) is 6.92 Å². The Morgan fingerprint density at radius 2 is 2.24 bits per heavy atom. The average molecular weight is 353 g/mol. The monoisotopic (exact) mass is 352 g/mol. The molecule has 114 valence electrons. The number of halogens is 1. The minimum Gasteiger partial charge on any atom is -0.481 e. The fourth-order valence-electron chi connectivity index (χ4n) is 2.46. The van der Waals surface area contributed by atoms with E-state index >= 15 is 0 Å². The van der Waals surface area contributed by atoms with E-state index in [1.807, 2.05) is 30.8 Å². The third kappa shape index (κ3) is 3.27. The van der Waals surface area contributed by atoms with Crippen LogP contribution in [-0.4, -0.2) is 28.9 Å². The van der Waals surface area contributed by atoms with Gasteiger partial charge < -0.3 is 10.1 Å². The van der Waals surface area contributed by atoms with Crippen LogP contribution in [0.1, 0.15) is 29.9 Å². The average Bonchev–Trinajstić information content (AvgIpc) is 2.79. The molecule has 0 saturated carbocycles. The molecule has 0 fully saturated rings. The first-order valence-electron chi connectivity index (χ1n) is 7.00. The highest BCUT2D eigenvalue weighted by molar-refractivity contribution is 9.10. The van der Waals surface area contributed by atoms with Crippen LogP contribution >= 0.6 is 15.9 Å². The molecule has 0 aliphatic heterocycles. The second-order valence-electron chi connectivity index (χ2n) is 4.81. The highest BCUT2D eigenvalue weighted by atomic mass is 79.9. The second kappa shape index (κ2) is 7.04. The lowest BCUT2D eigenvalue weighted by Crippen LogP contribution is -2.21. The standard InChI is InChI=1S/C15H21BrN4O/c1-5-20-13(14(16)10(2)19-20)9-12(17-3)11-7-6-8-18-15(11)21-4/h6-8,12,17H,5,9H2,1-4H3. The van der Waals surface area contributed by atoms with E-state index in [1.54, 1.807) is 13.3 Å². The van der Waals surface area contributed by atoms with Crippen LogP contribution in [-0.2, 0) is 13.0 Å². The summed E-state index contributed by atoms with van der Waals surface area (Å²) in [6.07, 6.45) is 2.55. The van der Waals surface area contributed by atoms with Crippen molar-refractivity contribution in [3.63, 3.8) is 0 Å². The maximum absolute atomic E-state index is 5.37. The molecule has 6 heteroatoms. The van der Waals surface area contributed by atoms with Crippen LogP contribution in [0.2, 0.25) is 0 Å². The summed E-state index contributed by atoms with van der Waals surface area (Å²) in [6, 6.07) is 4.09. The SMILES string of the molecule is CCn1nc(C)c(Br)c1CC(NC)c1cccnc1OC. The van der Waals surface area contributed by atoms with Gasteiger partial charge in [-0.15, -0.1) is 0 Å². The zero-order valence-corrected chi connectivity index (χ0v) is 14.4. The first-order valence-corrected chi connectivity index (χ1v) is 7.79. The van der Waals surface area contributed by atoms with Crippen LogP contribution in [0.25, 0.3) is 0 Å². The summed E-state index contributed by atoms with van der Waals surface area (Å²) in [7, 11) is 3.60. The molecule has 21 heavy (non-hydrogen) atoms. The lowest BCUT2D eigenvalue weighted by atomic mass is 10.0. The van der Waals surface area contributed by atoms with E-state index < -0.39 is 0 Å². The van der Waals surface area contributed by atoms with E-state index in [9.17, 15) is 0 Å². The van der Waals surface area contributed by atoms with Gasteiger partial charge >= 0.3 is 0 Å². The number of aryl methyl sites for hydroxylation is 2. The van der Waals surface area contributed by atoms with Crippen LogP contribution in [0.5, 0.6) is 5.88 Å². The first-order chi connectivity index (χ1) is 10.1. The smallest absolute Gasteiger partial charge is 0.217 e. The molecule has 0 spiro atoms. The lowest BCUT2D eigenvalue weighted by molar-refractivity contribution is 0.383. The van der Waals surface area contributed by atoms with Crippen LogP contribution in [0.3, 0.4) is 0 Å². The number of pyridine rings is 1. The predicted octanol–water partition coefficient (Wildman–Crippen LogP) is 2.88. The Hall–Kier alpha value is -1.40. The van der Waals surface area contributed by atoms with Crippen molar-refractivity contribution in [3.05, 3.63) is 39.8 Å². The summed E-state index contributed by atoms with van der Waals surface area (Å²) >= 11 is 3.65. The zero-order chi connectivity index (χ0) is 15.4. The number of ether oxygens (including phenoxy) is 1. The Morgan fingerprint density at radius 3 is 2.86 bits per heavy atom. The molecule has 2 heterocycles. The maximum atomic E-state index is 5.37. The minimum atomic E-state index is 0.117. The fourth-order valence-corrected chi connectivity index (χ4v) is 2.91. The van der Waals surface area contributed by atoms with Crippen molar-refractivity contribution >= 4 is 15.9 Å². The molecule has 2 aromatic rings. The zero-order valence-electron chi connectivity index (χ0n) is 12.9. The summed E-state index contributed by atoms with van der Waals surface area (Å²) < 4.78 is 8.48. The molecule has 5 nitrogen and oxygen atoms in total. The molecule has 0 aliphatic carbocycles. The van der Waals surface area contributed by atoms with Gasteiger partial charge in [0.25, 0.3) is 0 Å². The molecule has 0 saturated heterocycles. The molecular weight excluding hydrogens is 332 g/mol. The Balaban J connectivity index is 2.36. The molecule has 1 unspecified atom stereocenters. The van der Waals surface area contributed by atoms with Crippen LogP contribution in [0.4, 0.5) is 0 Å². The number of hydrogen-bond donors (Lipinski definition) is 1. The van der Waals surface area contributed by atoms with E-state index in [1.165, 1.54) is 5.69 Å². The largest absolute Gasteiger partial charge is 0.481 e. The van der Waals surface area contributed by atoms with Crippen LogP contribution < -0.4 is 10.1 Å². The predicted molar refractivity (Wildman–Crippen MR) is 86.6 cm³/mol. The quantitative estimate of drug-likeness (QED) is 0.868. The van der Waals surface area contributed by atoms with E-state index in [-0.39, 0.29) is 6.04 Å². The van der Waals surface area contributed by atoms with Crippen molar-refractivity contribution in [2.45, 2.75) is 32.9 Å². The van der Waals surface area contributed by atoms with Gasteiger partial charge in [-0.2, -0.15) is 5.10 Å². The molecule has 0 amide bonds. The Kier molecular flexibility index (Phi) is 5.36. The molecule has 0 aromatic carbocycles. The molecule has 0 bridgehead atoms. The first kappa shape index (κ1) is 16.0. The summed E-state index contributed by atoms with van der Waals surface area (Å²) in [6.45, 7) is 4.96. The normalized spacial score (nSPS) is 12.4. The molecule has 1 N–H and O–H groups in total. The van der Waals surface area contributed by atoms with Gasteiger partial charge in [0, 0.05) is 30.8 Å².